The van der Waals surface area contributed by atoms with Gasteiger partial charge in [-0.05, 0) is 51.4 Å². The van der Waals surface area contributed by atoms with E-state index in [-0.39, 0.29) is 37.0 Å². The van der Waals surface area contributed by atoms with Crippen molar-refractivity contribution < 1.29 is 14.3 Å². The fraction of sp³-hybridized carbons (Fsp3) is 0.636. The lowest BCUT2D eigenvalue weighted by Gasteiger charge is -2.28. The van der Waals surface area contributed by atoms with Gasteiger partial charge in [-0.2, -0.15) is 0 Å². The van der Waals surface area contributed by atoms with Crippen LogP contribution in [0.25, 0.3) is 0 Å². The Labute approximate surface area is 175 Å². The van der Waals surface area contributed by atoms with Crippen LogP contribution in [0.5, 0.6) is 0 Å². The molecule has 29 heavy (non-hydrogen) atoms. The van der Waals surface area contributed by atoms with E-state index in [1.165, 1.54) is 0 Å². The number of nitrogens with zero attached hydrogens (tertiary/aromatic N) is 3. The number of amides is 2. The van der Waals surface area contributed by atoms with E-state index in [9.17, 15) is 9.59 Å². The monoisotopic (exact) mass is 404 g/mol. The molecule has 7 heteroatoms. The number of nitrogens with one attached hydrogen (secondary N) is 1. The second-order valence-corrected chi connectivity index (χ2v) is 8.36. The highest BCUT2D eigenvalue weighted by Crippen LogP contribution is 2.17. The third-order valence-corrected chi connectivity index (χ3v) is 4.90. The first-order valence-corrected chi connectivity index (χ1v) is 10.4. The molecule has 0 radical (unpaired) electrons. The predicted octanol–water partition coefficient (Wildman–Crippen LogP) is 1.72. The largest absolute Gasteiger partial charge is 0.378 e. The molecule has 1 aliphatic heterocycles. The van der Waals surface area contributed by atoms with Crippen molar-refractivity contribution in [3.05, 3.63) is 29.8 Å². The molecule has 0 unspecified atom stereocenters. The molecule has 0 spiro atoms. The molecule has 1 saturated heterocycles. The summed E-state index contributed by atoms with van der Waals surface area (Å²) in [4.78, 5) is 30.7. The fourth-order valence-corrected chi connectivity index (χ4v) is 3.41. The zero-order valence-electron chi connectivity index (χ0n) is 18.5. The van der Waals surface area contributed by atoms with Gasteiger partial charge in [-0.15, -0.1) is 0 Å². The molecule has 1 aromatic rings. The van der Waals surface area contributed by atoms with Gasteiger partial charge in [-0.25, -0.2) is 0 Å². The fourth-order valence-electron chi connectivity index (χ4n) is 3.41. The number of carbonyl (C=O) groups is 2. The van der Waals surface area contributed by atoms with E-state index in [1.54, 1.807) is 11.9 Å². The van der Waals surface area contributed by atoms with Gasteiger partial charge in [0.2, 0.25) is 11.8 Å². The molecule has 1 aromatic carbocycles. The van der Waals surface area contributed by atoms with Crippen molar-refractivity contribution in [2.75, 3.05) is 52.3 Å². The molecule has 7 nitrogen and oxygen atoms in total. The number of rotatable bonds is 10. The van der Waals surface area contributed by atoms with E-state index in [0.29, 0.717) is 13.1 Å². The van der Waals surface area contributed by atoms with Crippen molar-refractivity contribution in [1.29, 1.82) is 0 Å². The summed E-state index contributed by atoms with van der Waals surface area (Å²) in [6.45, 7) is 6.14. The molecule has 1 atom stereocenters. The van der Waals surface area contributed by atoms with Gasteiger partial charge < -0.3 is 19.9 Å². The van der Waals surface area contributed by atoms with Crippen LogP contribution in [0.4, 0.5) is 5.69 Å². The molecule has 1 heterocycles. The van der Waals surface area contributed by atoms with Crippen LogP contribution in [-0.2, 0) is 20.9 Å². The average molecular weight is 405 g/mol. The quantitative estimate of drug-likeness (QED) is 0.643. The van der Waals surface area contributed by atoms with Crippen LogP contribution in [-0.4, -0.2) is 81.1 Å². The predicted molar refractivity (Wildman–Crippen MR) is 116 cm³/mol. The molecule has 2 rings (SSSR count). The summed E-state index contributed by atoms with van der Waals surface area (Å²) in [6, 6.07) is 8.34. The van der Waals surface area contributed by atoms with Crippen molar-refractivity contribution in [2.45, 2.75) is 45.4 Å². The molecule has 0 aromatic heterocycles. The molecule has 162 valence electrons. The Balaban J connectivity index is 2.00. The highest BCUT2D eigenvalue weighted by molar-refractivity contribution is 5.81. The molecular weight excluding hydrogens is 368 g/mol. The maximum atomic E-state index is 13.0. The van der Waals surface area contributed by atoms with Crippen LogP contribution in [0, 0.1) is 0 Å². The Morgan fingerprint density at radius 1 is 1.14 bits per heavy atom. The summed E-state index contributed by atoms with van der Waals surface area (Å²) < 4.78 is 5.76. The van der Waals surface area contributed by atoms with Gasteiger partial charge in [-0.3, -0.25) is 14.5 Å². The Morgan fingerprint density at radius 2 is 1.83 bits per heavy atom. The number of ether oxygens (including phenoxy) is 1. The Morgan fingerprint density at radius 3 is 2.38 bits per heavy atom. The molecule has 0 bridgehead atoms. The zero-order chi connectivity index (χ0) is 21.4. The topological polar surface area (TPSA) is 65.1 Å². The van der Waals surface area contributed by atoms with Crippen LogP contribution in [0.3, 0.4) is 0 Å². The smallest absolute Gasteiger partial charge is 0.237 e. The van der Waals surface area contributed by atoms with Crippen LogP contribution in [0.2, 0.25) is 0 Å². The Kier molecular flexibility index (Phi) is 8.92. The molecule has 2 amide bonds. The highest BCUT2D eigenvalue weighted by atomic mass is 16.5. The normalized spacial score (nSPS) is 16.3. The summed E-state index contributed by atoms with van der Waals surface area (Å²) in [6.07, 6.45) is 2.12. The van der Waals surface area contributed by atoms with E-state index < -0.39 is 0 Å². The lowest BCUT2D eigenvalue weighted by Crippen LogP contribution is -2.45. The summed E-state index contributed by atoms with van der Waals surface area (Å²) in [5.74, 6) is -0.0581. The SMILES string of the molecule is CC(C)NC(=O)CN(C)CC(=O)N(Cc1ccc(N(C)C)cc1)C[C@H]1CCCO1. The average Bonchev–Trinajstić information content (AvgIpc) is 3.13. The van der Waals surface area contributed by atoms with E-state index >= 15 is 0 Å². The van der Waals surface area contributed by atoms with Crippen molar-refractivity contribution >= 4 is 17.5 Å². The number of hydrogen-bond acceptors (Lipinski definition) is 5. The van der Waals surface area contributed by atoms with Gasteiger partial charge in [-0.1, -0.05) is 12.1 Å². The molecule has 1 fully saturated rings. The third kappa shape index (κ3) is 8.03. The maximum Gasteiger partial charge on any atom is 0.237 e. The van der Waals surface area contributed by atoms with Gasteiger partial charge in [0.15, 0.2) is 0 Å². The molecule has 0 aliphatic carbocycles. The van der Waals surface area contributed by atoms with E-state index in [2.05, 4.69) is 34.5 Å². The summed E-state index contributed by atoms with van der Waals surface area (Å²) in [5.41, 5.74) is 2.21. The standard InChI is InChI=1S/C22H36N4O3/c1-17(2)23-21(27)15-25(5)16-22(28)26(14-20-7-6-12-29-20)13-18-8-10-19(11-9-18)24(3)4/h8-11,17,20H,6-7,12-16H2,1-5H3,(H,23,27)/t20-/m1/s1. The third-order valence-electron chi connectivity index (χ3n) is 4.90. The number of hydrogen-bond donors (Lipinski definition) is 1. The van der Waals surface area contributed by atoms with Gasteiger partial charge >= 0.3 is 0 Å². The summed E-state index contributed by atoms with van der Waals surface area (Å²) >= 11 is 0. The van der Waals surface area contributed by atoms with Crippen LogP contribution < -0.4 is 10.2 Å². The molecule has 0 saturated carbocycles. The van der Waals surface area contributed by atoms with Gasteiger partial charge in [0.1, 0.15) is 0 Å². The van der Waals surface area contributed by atoms with Gasteiger partial charge in [0, 0.05) is 45.5 Å². The Bertz CT molecular complexity index is 655. The van der Waals surface area contributed by atoms with Crippen molar-refractivity contribution in [3.63, 3.8) is 0 Å². The second kappa shape index (κ2) is 11.2. The summed E-state index contributed by atoms with van der Waals surface area (Å²) in [7, 11) is 5.81. The number of benzene rings is 1. The first kappa shape index (κ1) is 23.2. The zero-order valence-corrected chi connectivity index (χ0v) is 18.5. The second-order valence-electron chi connectivity index (χ2n) is 8.36. The number of carbonyl (C=O) groups excluding carboxylic acids is 2. The molecule has 1 aliphatic rings. The first-order chi connectivity index (χ1) is 13.7. The Hall–Kier alpha value is -2.12. The van der Waals surface area contributed by atoms with E-state index in [1.807, 2.05) is 32.8 Å². The molecule has 1 N–H and O–H groups in total. The highest BCUT2D eigenvalue weighted by Gasteiger charge is 2.24. The van der Waals surface area contributed by atoms with Crippen LogP contribution in [0.1, 0.15) is 32.3 Å². The minimum atomic E-state index is -0.0692. The summed E-state index contributed by atoms with van der Waals surface area (Å²) in [5, 5.41) is 2.86. The van der Waals surface area contributed by atoms with Gasteiger partial charge in [0.25, 0.3) is 0 Å². The number of likely N-dealkylation sites (N-methyl/N-ethyl adjacent to an activating group) is 1. The molecular formula is C22H36N4O3. The van der Waals surface area contributed by atoms with Crippen molar-refractivity contribution in [2.24, 2.45) is 0 Å². The first-order valence-electron chi connectivity index (χ1n) is 10.4. The minimum absolute atomic E-state index is 0.0111. The lowest BCUT2D eigenvalue weighted by molar-refractivity contribution is -0.134. The van der Waals surface area contributed by atoms with Crippen molar-refractivity contribution in [3.8, 4) is 0 Å². The van der Waals surface area contributed by atoms with Crippen molar-refractivity contribution in [1.82, 2.24) is 15.1 Å². The van der Waals surface area contributed by atoms with Gasteiger partial charge in [0.05, 0.1) is 19.2 Å². The maximum absolute atomic E-state index is 13.0. The minimum Gasteiger partial charge on any atom is -0.378 e. The lowest BCUT2D eigenvalue weighted by atomic mass is 10.1. The van der Waals surface area contributed by atoms with Crippen LogP contribution in [0.15, 0.2) is 24.3 Å². The van der Waals surface area contributed by atoms with Crippen LogP contribution >= 0.6 is 0 Å². The van der Waals surface area contributed by atoms with E-state index in [4.69, 9.17) is 4.74 Å². The van der Waals surface area contributed by atoms with E-state index in [0.717, 1.165) is 30.7 Å². The number of anilines is 1.